The van der Waals surface area contributed by atoms with Gasteiger partial charge in [0.05, 0.1) is 23.2 Å². The topological polar surface area (TPSA) is 115 Å². The van der Waals surface area contributed by atoms with Crippen molar-refractivity contribution in [1.29, 1.82) is 0 Å². The van der Waals surface area contributed by atoms with Gasteiger partial charge >= 0.3 is 0 Å². The van der Waals surface area contributed by atoms with E-state index in [-0.39, 0.29) is 28.4 Å². The monoisotopic (exact) mass is 425 g/mol. The first kappa shape index (κ1) is 21.5. The number of aromatic hydroxyl groups is 1. The Kier molecular flexibility index (Phi) is 4.94. The second-order valence-electron chi connectivity index (χ2n) is 9.11. The van der Waals surface area contributed by atoms with E-state index in [9.17, 15) is 29.7 Å². The van der Waals surface area contributed by atoms with Gasteiger partial charge in [0.1, 0.15) is 11.5 Å². The molecule has 1 aromatic rings. The van der Waals surface area contributed by atoms with Gasteiger partial charge in [0.2, 0.25) is 0 Å². The maximum Gasteiger partial charge on any atom is 0.177 e. The fourth-order valence-corrected chi connectivity index (χ4v) is 6.09. The second-order valence-corrected chi connectivity index (χ2v) is 9.11. The SMILES string of the molecule is CC(=O)C1=C(C)[C@@H](N(C)C)C2C(C1=O)C(=O)C1=C(O)c3c(O)cccc3[C@H](C)C1[C@@H]2O. The van der Waals surface area contributed by atoms with Crippen molar-refractivity contribution in [2.75, 3.05) is 14.1 Å². The van der Waals surface area contributed by atoms with E-state index in [0.717, 1.165) is 0 Å². The number of aliphatic hydroxyl groups excluding tert-OH is 2. The van der Waals surface area contributed by atoms with Crippen molar-refractivity contribution in [2.45, 2.75) is 38.8 Å². The Labute approximate surface area is 180 Å². The standard InChI is InChI=1S/C24H27NO6/c1-9-12-7-6-8-13(27)16(12)23(30)18-15(9)22(29)17-19(24(18)31)21(28)14(11(3)26)10(2)20(17)25(4)5/h6-9,15,17,19-20,22,27,29-30H,1-5H3/t9-,15?,17?,19?,20+,22-/m0/s1. The number of Topliss-reactive ketones (excluding diaryl/α,β-unsaturated/α-hetero) is 3. The molecule has 3 aliphatic carbocycles. The first-order valence-corrected chi connectivity index (χ1v) is 10.4. The quantitative estimate of drug-likeness (QED) is 0.490. The fraction of sp³-hybridized carbons (Fsp3) is 0.458. The Balaban J connectivity index is 1.99. The number of benzene rings is 1. The Hall–Kier alpha value is -2.77. The lowest BCUT2D eigenvalue weighted by molar-refractivity contribution is -0.142. The second kappa shape index (κ2) is 7.14. The lowest BCUT2D eigenvalue weighted by atomic mass is 9.55. The molecule has 7 nitrogen and oxygen atoms in total. The van der Waals surface area contributed by atoms with Crippen LogP contribution in [0.25, 0.3) is 5.76 Å². The summed E-state index contributed by atoms with van der Waals surface area (Å²) in [5, 5.41) is 32.9. The summed E-state index contributed by atoms with van der Waals surface area (Å²) < 4.78 is 0. The van der Waals surface area contributed by atoms with E-state index in [4.69, 9.17) is 0 Å². The predicted octanol–water partition coefficient (Wildman–Crippen LogP) is 1.99. The number of phenolic OH excluding ortho intramolecular Hbond substituents is 1. The van der Waals surface area contributed by atoms with Crippen molar-refractivity contribution in [3.8, 4) is 5.75 Å². The van der Waals surface area contributed by atoms with E-state index in [2.05, 4.69) is 0 Å². The normalized spacial score (nSPS) is 32.7. The highest BCUT2D eigenvalue weighted by Crippen LogP contribution is 2.54. The van der Waals surface area contributed by atoms with E-state index in [1.54, 1.807) is 33.2 Å². The van der Waals surface area contributed by atoms with Gasteiger partial charge in [0, 0.05) is 23.5 Å². The largest absolute Gasteiger partial charge is 0.507 e. The molecule has 1 aromatic carbocycles. The molecule has 3 aliphatic rings. The number of carbonyl (C=O) groups is 3. The maximum absolute atomic E-state index is 13.7. The number of phenols is 1. The summed E-state index contributed by atoms with van der Waals surface area (Å²) in [5.41, 5.74) is 1.30. The van der Waals surface area contributed by atoms with E-state index in [1.807, 2.05) is 11.8 Å². The third kappa shape index (κ3) is 2.76. The molecular weight excluding hydrogens is 398 g/mol. The smallest absolute Gasteiger partial charge is 0.177 e. The molecule has 0 spiro atoms. The molecule has 3 unspecified atom stereocenters. The molecule has 0 heterocycles. The van der Waals surface area contributed by atoms with Gasteiger partial charge in [-0.2, -0.15) is 0 Å². The van der Waals surface area contributed by atoms with Crippen molar-refractivity contribution >= 4 is 23.1 Å². The molecule has 0 radical (unpaired) electrons. The van der Waals surface area contributed by atoms with Gasteiger partial charge in [0.25, 0.3) is 0 Å². The van der Waals surface area contributed by atoms with Gasteiger partial charge in [-0.05, 0) is 51.1 Å². The van der Waals surface area contributed by atoms with Crippen molar-refractivity contribution < 1.29 is 29.7 Å². The van der Waals surface area contributed by atoms with Gasteiger partial charge in [-0.25, -0.2) is 0 Å². The van der Waals surface area contributed by atoms with E-state index >= 15 is 0 Å². The zero-order valence-electron chi connectivity index (χ0n) is 18.2. The minimum Gasteiger partial charge on any atom is -0.507 e. The minimum atomic E-state index is -1.27. The number of nitrogens with zero attached hydrogens (tertiary/aromatic N) is 1. The lowest BCUT2D eigenvalue weighted by Gasteiger charge is -2.51. The number of aliphatic hydroxyl groups is 2. The highest BCUT2D eigenvalue weighted by Gasteiger charge is 2.59. The zero-order valence-corrected chi connectivity index (χ0v) is 18.2. The number of ketones is 3. The number of carbonyl (C=O) groups excluding carboxylic acids is 3. The lowest BCUT2D eigenvalue weighted by Crippen LogP contribution is -2.60. The third-order valence-electron chi connectivity index (χ3n) is 7.26. The number of fused-ring (bicyclic) bond motifs is 3. The maximum atomic E-state index is 13.7. The van der Waals surface area contributed by atoms with Crippen LogP contribution in [0, 0.1) is 17.8 Å². The van der Waals surface area contributed by atoms with Crippen LogP contribution in [0.3, 0.4) is 0 Å². The molecule has 0 aliphatic heterocycles. The Bertz CT molecular complexity index is 1080. The number of hydrogen-bond donors (Lipinski definition) is 3. The molecule has 3 N–H and O–H groups in total. The number of rotatable bonds is 2. The van der Waals surface area contributed by atoms with Crippen molar-refractivity contribution in [2.24, 2.45) is 17.8 Å². The third-order valence-corrected chi connectivity index (χ3v) is 7.26. The first-order valence-electron chi connectivity index (χ1n) is 10.4. The molecule has 31 heavy (non-hydrogen) atoms. The molecule has 1 saturated carbocycles. The van der Waals surface area contributed by atoms with Crippen LogP contribution in [0.1, 0.15) is 37.8 Å². The first-order chi connectivity index (χ1) is 14.5. The molecule has 4 rings (SSSR count). The Morgan fingerprint density at radius 1 is 1.10 bits per heavy atom. The molecule has 0 bridgehead atoms. The number of allylic oxidation sites excluding steroid dienone is 1. The van der Waals surface area contributed by atoms with E-state index in [0.29, 0.717) is 11.1 Å². The summed E-state index contributed by atoms with van der Waals surface area (Å²) in [5.74, 6) is -5.29. The molecule has 6 atom stereocenters. The summed E-state index contributed by atoms with van der Waals surface area (Å²) in [6.45, 7) is 4.84. The van der Waals surface area contributed by atoms with Gasteiger partial charge in [0.15, 0.2) is 17.3 Å². The molecule has 7 heteroatoms. The molecular formula is C24H27NO6. The van der Waals surface area contributed by atoms with Crippen LogP contribution in [0.15, 0.2) is 34.9 Å². The fourth-order valence-electron chi connectivity index (χ4n) is 6.09. The van der Waals surface area contributed by atoms with Crippen LogP contribution < -0.4 is 0 Å². The number of likely N-dealkylation sites (N-methyl/N-ethyl adjacent to an activating group) is 1. The molecule has 1 fully saturated rings. The van der Waals surface area contributed by atoms with Crippen LogP contribution in [0.4, 0.5) is 0 Å². The minimum absolute atomic E-state index is 0.00820. The highest BCUT2D eigenvalue weighted by atomic mass is 16.3. The Morgan fingerprint density at radius 2 is 1.74 bits per heavy atom. The van der Waals surface area contributed by atoms with Crippen LogP contribution in [-0.4, -0.2) is 63.8 Å². The highest BCUT2D eigenvalue weighted by molar-refractivity contribution is 6.29. The summed E-state index contributed by atoms with van der Waals surface area (Å²) in [6, 6.07) is 4.34. The molecule has 164 valence electrons. The van der Waals surface area contributed by atoms with Crippen LogP contribution in [0.2, 0.25) is 0 Å². The summed E-state index contributed by atoms with van der Waals surface area (Å²) in [6.07, 6.45) is -1.11. The average Bonchev–Trinajstić information content (AvgIpc) is 2.67. The van der Waals surface area contributed by atoms with Crippen LogP contribution in [-0.2, 0) is 14.4 Å². The van der Waals surface area contributed by atoms with Crippen molar-refractivity contribution in [1.82, 2.24) is 4.90 Å². The van der Waals surface area contributed by atoms with Crippen molar-refractivity contribution in [3.63, 3.8) is 0 Å². The van der Waals surface area contributed by atoms with Gasteiger partial charge in [-0.1, -0.05) is 19.1 Å². The molecule has 0 saturated heterocycles. The molecule has 0 amide bonds. The van der Waals surface area contributed by atoms with E-state index in [1.165, 1.54) is 13.0 Å². The van der Waals surface area contributed by atoms with Gasteiger partial charge in [-0.3, -0.25) is 14.4 Å². The summed E-state index contributed by atoms with van der Waals surface area (Å²) in [4.78, 5) is 41.1. The van der Waals surface area contributed by atoms with Gasteiger partial charge < -0.3 is 20.2 Å². The Morgan fingerprint density at radius 3 is 2.32 bits per heavy atom. The van der Waals surface area contributed by atoms with Gasteiger partial charge in [-0.15, -0.1) is 0 Å². The summed E-state index contributed by atoms with van der Waals surface area (Å²) in [7, 11) is 3.58. The number of hydrogen-bond acceptors (Lipinski definition) is 7. The van der Waals surface area contributed by atoms with E-state index < -0.39 is 53.0 Å². The van der Waals surface area contributed by atoms with Crippen LogP contribution >= 0.6 is 0 Å². The predicted molar refractivity (Wildman–Crippen MR) is 113 cm³/mol. The average molecular weight is 425 g/mol. The van der Waals surface area contributed by atoms with Crippen molar-refractivity contribution in [3.05, 3.63) is 46.0 Å². The summed E-state index contributed by atoms with van der Waals surface area (Å²) >= 11 is 0. The zero-order chi connectivity index (χ0) is 22.9. The molecule has 0 aromatic heterocycles. The van der Waals surface area contributed by atoms with Crippen LogP contribution in [0.5, 0.6) is 5.75 Å².